The van der Waals surface area contributed by atoms with Crippen molar-refractivity contribution in [1.82, 2.24) is 0 Å². The molecule has 0 aliphatic rings. The lowest BCUT2D eigenvalue weighted by molar-refractivity contribution is -0.607. The molecule has 0 bridgehead atoms. The highest BCUT2D eigenvalue weighted by atomic mass is 16.5. The van der Waals surface area contributed by atoms with Crippen LogP contribution in [-0.4, -0.2) is 0 Å². The van der Waals surface area contributed by atoms with Crippen molar-refractivity contribution >= 4 is 5.57 Å². The zero-order valence-electron chi connectivity index (χ0n) is 8.18. The van der Waals surface area contributed by atoms with Gasteiger partial charge in [-0.3, -0.25) is 0 Å². The normalized spacial score (nSPS) is 11.2. The van der Waals surface area contributed by atoms with Crippen molar-refractivity contribution in [3.05, 3.63) is 66.2 Å². The van der Waals surface area contributed by atoms with Crippen LogP contribution < -0.4 is 4.73 Å². The molecule has 0 amide bonds. The van der Waals surface area contributed by atoms with Crippen molar-refractivity contribution in [3.63, 3.8) is 0 Å². The van der Waals surface area contributed by atoms with Crippen LogP contribution >= 0.6 is 0 Å². The maximum atomic E-state index is 11.3. The molecule has 72 valence electrons. The molecular formula is C12H13NO. The minimum absolute atomic E-state index is 0.577. The van der Waals surface area contributed by atoms with E-state index >= 15 is 0 Å². The molecule has 0 aromatic carbocycles. The molecule has 0 radical (unpaired) electrons. The van der Waals surface area contributed by atoms with E-state index < -0.39 is 0 Å². The predicted octanol–water partition coefficient (Wildman–Crippen LogP) is 2.47. The summed E-state index contributed by atoms with van der Waals surface area (Å²) in [4.78, 5) is 0. The highest BCUT2D eigenvalue weighted by molar-refractivity contribution is 5.67. The summed E-state index contributed by atoms with van der Waals surface area (Å²) >= 11 is 0. The zero-order valence-corrected chi connectivity index (χ0v) is 8.18. The van der Waals surface area contributed by atoms with Crippen molar-refractivity contribution in [2.24, 2.45) is 0 Å². The molecule has 1 aromatic rings. The van der Waals surface area contributed by atoms with Crippen LogP contribution in [0.1, 0.15) is 12.6 Å². The fourth-order valence-electron chi connectivity index (χ4n) is 1.05. The quantitative estimate of drug-likeness (QED) is 0.405. The van der Waals surface area contributed by atoms with Gasteiger partial charge in [0.25, 0.3) is 0 Å². The molecule has 14 heavy (non-hydrogen) atoms. The number of hydrogen-bond donors (Lipinski definition) is 0. The van der Waals surface area contributed by atoms with Gasteiger partial charge in [-0.25, -0.2) is 0 Å². The van der Waals surface area contributed by atoms with Crippen LogP contribution in [0.3, 0.4) is 0 Å². The van der Waals surface area contributed by atoms with Gasteiger partial charge >= 0.3 is 0 Å². The highest BCUT2D eigenvalue weighted by Crippen LogP contribution is 2.07. The molecule has 1 aromatic heterocycles. The number of aromatic nitrogens is 1. The van der Waals surface area contributed by atoms with Gasteiger partial charge in [-0.15, -0.1) is 0 Å². The lowest BCUT2D eigenvalue weighted by Crippen LogP contribution is -2.29. The highest BCUT2D eigenvalue weighted by Gasteiger charge is 2.03. The first-order valence-corrected chi connectivity index (χ1v) is 4.42. The smallest absolute Gasteiger partial charge is 0.223 e. The topological polar surface area (TPSA) is 26.9 Å². The number of allylic oxidation sites excluding steroid dienone is 5. The van der Waals surface area contributed by atoms with Crippen LogP contribution in [0.4, 0.5) is 0 Å². The molecule has 0 saturated carbocycles. The Labute approximate surface area is 84.1 Å². The average Bonchev–Trinajstić information content (AvgIpc) is 2.18. The zero-order chi connectivity index (χ0) is 10.4. The van der Waals surface area contributed by atoms with Gasteiger partial charge in [0.05, 0.1) is 0 Å². The molecule has 0 saturated heterocycles. The first kappa shape index (κ1) is 10.3. The van der Waals surface area contributed by atoms with Gasteiger partial charge in [-0.05, 0) is 19.1 Å². The van der Waals surface area contributed by atoms with Crippen LogP contribution in [0.5, 0.6) is 0 Å². The number of rotatable bonds is 3. The van der Waals surface area contributed by atoms with Crippen LogP contribution in [0.25, 0.3) is 5.57 Å². The van der Waals surface area contributed by atoms with E-state index in [4.69, 9.17) is 0 Å². The SMILES string of the molecule is C=C(/C=C\C=C/C)c1cccc[n+]1[O-]. The Morgan fingerprint density at radius 1 is 1.43 bits per heavy atom. The monoisotopic (exact) mass is 187 g/mol. The van der Waals surface area contributed by atoms with Crippen LogP contribution in [0.2, 0.25) is 0 Å². The van der Waals surface area contributed by atoms with Crippen LogP contribution in [0.15, 0.2) is 55.3 Å². The molecule has 0 N–H and O–H groups in total. The fourth-order valence-corrected chi connectivity index (χ4v) is 1.05. The summed E-state index contributed by atoms with van der Waals surface area (Å²) in [6.45, 7) is 5.75. The first-order valence-electron chi connectivity index (χ1n) is 4.42. The van der Waals surface area contributed by atoms with Crippen molar-refractivity contribution in [1.29, 1.82) is 0 Å². The van der Waals surface area contributed by atoms with Crippen LogP contribution in [0, 0.1) is 5.21 Å². The molecule has 0 unspecified atom stereocenters. The first-order chi connectivity index (χ1) is 6.75. The van der Waals surface area contributed by atoms with Crippen molar-refractivity contribution < 1.29 is 4.73 Å². The largest absolute Gasteiger partial charge is 0.618 e. The van der Waals surface area contributed by atoms with Gasteiger partial charge in [-0.1, -0.05) is 24.8 Å². The molecule has 1 rings (SSSR count). The van der Waals surface area contributed by atoms with E-state index in [0.717, 1.165) is 4.73 Å². The van der Waals surface area contributed by atoms with Gasteiger partial charge in [-0.2, -0.15) is 4.73 Å². The van der Waals surface area contributed by atoms with E-state index in [1.54, 1.807) is 12.1 Å². The molecule has 0 aliphatic heterocycles. The Morgan fingerprint density at radius 2 is 2.21 bits per heavy atom. The summed E-state index contributed by atoms with van der Waals surface area (Å²) in [5, 5.41) is 11.3. The minimum Gasteiger partial charge on any atom is -0.618 e. The Morgan fingerprint density at radius 3 is 2.86 bits per heavy atom. The molecule has 1 heterocycles. The van der Waals surface area contributed by atoms with Crippen LogP contribution in [-0.2, 0) is 0 Å². The fraction of sp³-hybridized carbons (Fsp3) is 0.0833. The Balaban J connectivity index is 2.85. The Bertz CT molecular complexity index is 378. The number of nitrogens with zero attached hydrogens (tertiary/aromatic N) is 1. The van der Waals surface area contributed by atoms with Crippen molar-refractivity contribution in [3.8, 4) is 0 Å². The third kappa shape index (κ3) is 2.59. The van der Waals surface area contributed by atoms with Crippen molar-refractivity contribution in [2.75, 3.05) is 0 Å². The molecule has 0 aliphatic carbocycles. The summed E-state index contributed by atoms with van der Waals surface area (Å²) in [7, 11) is 0. The summed E-state index contributed by atoms with van der Waals surface area (Å²) in [5.41, 5.74) is 1.28. The average molecular weight is 187 g/mol. The van der Waals surface area contributed by atoms with E-state index in [-0.39, 0.29) is 0 Å². The van der Waals surface area contributed by atoms with E-state index in [0.29, 0.717) is 11.3 Å². The molecule has 2 nitrogen and oxygen atoms in total. The van der Waals surface area contributed by atoms with Gasteiger partial charge < -0.3 is 5.21 Å². The predicted molar refractivity (Wildman–Crippen MR) is 58.4 cm³/mol. The minimum atomic E-state index is 0.577. The molecule has 0 spiro atoms. The lowest BCUT2D eigenvalue weighted by atomic mass is 10.2. The van der Waals surface area contributed by atoms with Gasteiger partial charge in [0.2, 0.25) is 5.69 Å². The van der Waals surface area contributed by atoms with Gasteiger partial charge in [0.1, 0.15) is 0 Å². The Hall–Kier alpha value is -1.83. The third-order valence-corrected chi connectivity index (χ3v) is 1.75. The summed E-state index contributed by atoms with van der Waals surface area (Å²) in [5.74, 6) is 0. The van der Waals surface area contributed by atoms with E-state index in [2.05, 4.69) is 6.58 Å². The van der Waals surface area contributed by atoms with Gasteiger partial charge in [0, 0.05) is 17.7 Å². The van der Waals surface area contributed by atoms with E-state index in [9.17, 15) is 5.21 Å². The number of pyridine rings is 1. The van der Waals surface area contributed by atoms with Gasteiger partial charge in [0.15, 0.2) is 6.20 Å². The summed E-state index contributed by atoms with van der Waals surface area (Å²) < 4.78 is 0.808. The molecule has 0 atom stereocenters. The second kappa shape index (κ2) is 5.02. The molecular weight excluding hydrogens is 174 g/mol. The molecule has 0 fully saturated rings. The maximum absolute atomic E-state index is 11.3. The number of hydrogen-bond acceptors (Lipinski definition) is 1. The third-order valence-electron chi connectivity index (χ3n) is 1.75. The second-order valence-corrected chi connectivity index (χ2v) is 2.82. The lowest BCUT2D eigenvalue weighted by Gasteiger charge is -2.01. The Kier molecular flexibility index (Phi) is 3.68. The summed E-state index contributed by atoms with van der Waals surface area (Å²) in [6.07, 6.45) is 8.94. The second-order valence-electron chi connectivity index (χ2n) is 2.82. The van der Waals surface area contributed by atoms with E-state index in [1.807, 2.05) is 37.3 Å². The van der Waals surface area contributed by atoms with Crippen molar-refractivity contribution in [2.45, 2.75) is 6.92 Å². The molecule has 2 heteroatoms. The summed E-state index contributed by atoms with van der Waals surface area (Å²) in [6, 6.07) is 5.26. The van der Waals surface area contributed by atoms with E-state index in [1.165, 1.54) is 6.20 Å². The standard InChI is InChI=1S/C12H13NO/c1-3-4-5-8-11(2)12-9-6-7-10-13(12)14/h3-10H,2H2,1H3/b4-3-,8-5-. The maximum Gasteiger partial charge on any atom is 0.223 e.